The maximum atomic E-state index is 13.0. The number of hydrogen-bond acceptors (Lipinski definition) is 6. The third kappa shape index (κ3) is 4.25. The Labute approximate surface area is 185 Å². The van der Waals surface area contributed by atoms with Crippen molar-refractivity contribution < 1.29 is 9.47 Å². The lowest BCUT2D eigenvalue weighted by Crippen LogP contribution is -2.41. The summed E-state index contributed by atoms with van der Waals surface area (Å²) in [7, 11) is 8.60. The smallest absolute Gasteiger partial charge is 0.333 e. The van der Waals surface area contributed by atoms with Crippen molar-refractivity contribution in [3.63, 3.8) is 0 Å². The summed E-state index contributed by atoms with van der Waals surface area (Å²) in [6.07, 6.45) is 5.38. The molecule has 0 fully saturated rings. The standard InChI is InChI=1S/C23H25N5O4/c1-7-12-28-22(29)20-21(27(23(28)30)14-13-25(2)3)24-19(26(20)4)11-9-16-8-10-17(31-5)18(15-16)32-6/h1,8,10,15H,12-14H2,2-6H3. The number of methoxy groups -OCH3 is 2. The fraction of sp³-hybridized carbons (Fsp3) is 0.348. The van der Waals surface area contributed by atoms with E-state index < -0.39 is 11.2 Å². The number of likely N-dealkylation sites (N-methyl/N-ethyl adjacent to an activating group) is 1. The molecule has 2 heterocycles. The van der Waals surface area contributed by atoms with Crippen molar-refractivity contribution in [2.75, 3.05) is 34.9 Å². The van der Waals surface area contributed by atoms with Gasteiger partial charge in [-0.15, -0.1) is 6.42 Å². The Morgan fingerprint density at radius 1 is 1.09 bits per heavy atom. The molecule has 32 heavy (non-hydrogen) atoms. The van der Waals surface area contributed by atoms with Crippen molar-refractivity contribution in [2.45, 2.75) is 13.1 Å². The minimum Gasteiger partial charge on any atom is -0.493 e. The van der Waals surface area contributed by atoms with Gasteiger partial charge in [-0.2, -0.15) is 0 Å². The highest BCUT2D eigenvalue weighted by Crippen LogP contribution is 2.27. The average Bonchev–Trinajstić information content (AvgIpc) is 3.10. The Kier molecular flexibility index (Phi) is 6.72. The van der Waals surface area contributed by atoms with E-state index in [0.29, 0.717) is 36.0 Å². The molecule has 0 spiro atoms. The lowest BCUT2D eigenvalue weighted by atomic mass is 10.2. The van der Waals surface area contributed by atoms with E-state index in [1.807, 2.05) is 19.0 Å². The van der Waals surface area contributed by atoms with Gasteiger partial charge in [0.1, 0.15) is 0 Å². The highest BCUT2D eigenvalue weighted by atomic mass is 16.5. The van der Waals surface area contributed by atoms with E-state index in [4.69, 9.17) is 15.9 Å². The number of terminal acetylenes is 1. The number of benzene rings is 1. The van der Waals surface area contributed by atoms with E-state index >= 15 is 0 Å². The third-order valence-electron chi connectivity index (χ3n) is 4.96. The molecule has 2 aromatic heterocycles. The van der Waals surface area contributed by atoms with Crippen LogP contribution in [0.15, 0.2) is 27.8 Å². The van der Waals surface area contributed by atoms with Gasteiger partial charge in [0, 0.05) is 25.7 Å². The maximum absolute atomic E-state index is 13.0. The third-order valence-corrected chi connectivity index (χ3v) is 4.96. The van der Waals surface area contributed by atoms with Crippen molar-refractivity contribution in [3.8, 4) is 35.7 Å². The molecule has 166 valence electrons. The van der Waals surface area contributed by atoms with Crippen LogP contribution in [-0.4, -0.2) is 58.4 Å². The van der Waals surface area contributed by atoms with E-state index in [2.05, 4.69) is 22.7 Å². The van der Waals surface area contributed by atoms with Gasteiger partial charge in [-0.3, -0.25) is 9.36 Å². The molecule has 0 N–H and O–H groups in total. The van der Waals surface area contributed by atoms with Crippen LogP contribution in [0.1, 0.15) is 11.4 Å². The van der Waals surface area contributed by atoms with Crippen LogP contribution in [0.5, 0.6) is 11.5 Å². The van der Waals surface area contributed by atoms with Crippen LogP contribution in [0.25, 0.3) is 11.2 Å². The molecule has 0 saturated heterocycles. The first-order chi connectivity index (χ1) is 15.3. The predicted molar refractivity (Wildman–Crippen MR) is 122 cm³/mol. The van der Waals surface area contributed by atoms with Crippen molar-refractivity contribution in [2.24, 2.45) is 7.05 Å². The zero-order valence-electron chi connectivity index (χ0n) is 18.8. The molecule has 9 nitrogen and oxygen atoms in total. The normalized spacial score (nSPS) is 10.7. The number of rotatable bonds is 6. The summed E-state index contributed by atoms with van der Waals surface area (Å²) in [6, 6.07) is 5.31. The SMILES string of the molecule is C#CCn1c(=O)c2c(nc(C#Cc3ccc(OC)c(OC)c3)n2C)n(CCN(C)C)c1=O. The van der Waals surface area contributed by atoms with Gasteiger partial charge in [-0.25, -0.2) is 14.3 Å². The van der Waals surface area contributed by atoms with Crippen LogP contribution >= 0.6 is 0 Å². The second-order valence-corrected chi connectivity index (χ2v) is 7.32. The summed E-state index contributed by atoms with van der Waals surface area (Å²) in [4.78, 5) is 32.4. The van der Waals surface area contributed by atoms with Crippen LogP contribution in [0.2, 0.25) is 0 Å². The molecule has 0 unspecified atom stereocenters. The Morgan fingerprint density at radius 3 is 2.44 bits per heavy atom. The summed E-state index contributed by atoms with van der Waals surface area (Å²) in [5.41, 5.74) is 0.270. The lowest BCUT2D eigenvalue weighted by Gasteiger charge is -2.13. The van der Waals surface area contributed by atoms with Crippen molar-refractivity contribution in [3.05, 3.63) is 50.4 Å². The van der Waals surface area contributed by atoms with E-state index in [0.717, 1.165) is 4.57 Å². The molecule has 1 aromatic carbocycles. The average molecular weight is 435 g/mol. The fourth-order valence-electron chi connectivity index (χ4n) is 3.25. The van der Waals surface area contributed by atoms with Gasteiger partial charge in [0.05, 0.1) is 20.8 Å². The van der Waals surface area contributed by atoms with Gasteiger partial charge in [0.2, 0.25) is 0 Å². The van der Waals surface area contributed by atoms with Crippen LogP contribution in [0.3, 0.4) is 0 Å². The van der Waals surface area contributed by atoms with Crippen molar-refractivity contribution in [1.82, 2.24) is 23.6 Å². The molecule has 9 heteroatoms. The topological polar surface area (TPSA) is 83.5 Å². The Morgan fingerprint density at radius 2 is 1.81 bits per heavy atom. The molecule has 0 aliphatic carbocycles. The highest BCUT2D eigenvalue weighted by molar-refractivity contribution is 5.72. The summed E-state index contributed by atoms with van der Waals surface area (Å²) < 4.78 is 14.7. The largest absolute Gasteiger partial charge is 0.493 e. The molecular formula is C23H25N5O4. The molecular weight excluding hydrogens is 410 g/mol. The van der Waals surface area contributed by atoms with Gasteiger partial charge >= 0.3 is 5.69 Å². The number of nitrogens with zero attached hydrogens (tertiary/aromatic N) is 5. The summed E-state index contributed by atoms with van der Waals surface area (Å²) in [5, 5.41) is 0. The van der Waals surface area contributed by atoms with Crippen LogP contribution in [0.4, 0.5) is 0 Å². The van der Waals surface area contributed by atoms with E-state index in [9.17, 15) is 9.59 Å². The highest BCUT2D eigenvalue weighted by Gasteiger charge is 2.19. The number of imidazole rings is 1. The number of aromatic nitrogens is 4. The fourth-order valence-corrected chi connectivity index (χ4v) is 3.25. The van der Waals surface area contributed by atoms with Gasteiger partial charge < -0.3 is 18.9 Å². The van der Waals surface area contributed by atoms with Crippen LogP contribution in [-0.2, 0) is 20.1 Å². The van der Waals surface area contributed by atoms with E-state index in [1.165, 1.54) is 4.57 Å². The maximum Gasteiger partial charge on any atom is 0.333 e. The van der Waals surface area contributed by atoms with Crippen molar-refractivity contribution in [1.29, 1.82) is 0 Å². The second-order valence-electron chi connectivity index (χ2n) is 7.32. The Hall–Kier alpha value is -3.95. The van der Waals surface area contributed by atoms with Crippen molar-refractivity contribution >= 4 is 11.2 Å². The van der Waals surface area contributed by atoms with E-state index in [-0.39, 0.29) is 17.7 Å². The zero-order valence-corrected chi connectivity index (χ0v) is 18.8. The van der Waals surface area contributed by atoms with Crippen LogP contribution < -0.4 is 20.7 Å². The molecule has 0 aliphatic heterocycles. The summed E-state index contributed by atoms with van der Waals surface area (Å²) in [6.45, 7) is 0.826. The molecule has 3 aromatic rings. The predicted octanol–water partition coefficient (Wildman–Crippen LogP) is 0.509. The van der Waals surface area contributed by atoms with Gasteiger partial charge in [-0.1, -0.05) is 11.8 Å². The molecule has 0 atom stereocenters. The summed E-state index contributed by atoms with van der Waals surface area (Å²) >= 11 is 0. The molecule has 0 amide bonds. The quantitative estimate of drug-likeness (QED) is 0.525. The van der Waals surface area contributed by atoms with Crippen LogP contribution in [0, 0.1) is 24.2 Å². The number of hydrogen-bond donors (Lipinski definition) is 0. The Balaban J connectivity index is 2.18. The first kappa shape index (κ1) is 22.7. The minimum atomic E-state index is -0.488. The molecule has 0 bridgehead atoms. The zero-order chi connectivity index (χ0) is 23.4. The molecule has 0 aliphatic rings. The lowest BCUT2D eigenvalue weighted by molar-refractivity contribution is 0.355. The molecule has 0 radical (unpaired) electrons. The molecule has 3 rings (SSSR count). The first-order valence-electron chi connectivity index (χ1n) is 9.84. The monoisotopic (exact) mass is 435 g/mol. The summed E-state index contributed by atoms with van der Waals surface area (Å²) in [5.74, 6) is 9.89. The number of fused-ring (bicyclic) bond motifs is 1. The molecule has 0 saturated carbocycles. The van der Waals surface area contributed by atoms with Gasteiger partial charge in [-0.05, 0) is 38.2 Å². The Bertz CT molecular complexity index is 1380. The number of ether oxygens (including phenoxy) is 2. The minimum absolute atomic E-state index is 0.118. The van der Waals surface area contributed by atoms with Gasteiger partial charge in [0.25, 0.3) is 5.56 Å². The number of aryl methyl sites for hydroxylation is 1. The van der Waals surface area contributed by atoms with E-state index in [1.54, 1.807) is 44.0 Å². The first-order valence-corrected chi connectivity index (χ1v) is 9.84. The second kappa shape index (κ2) is 9.46. The van der Waals surface area contributed by atoms with Gasteiger partial charge in [0.15, 0.2) is 28.5 Å².